The first-order valence-electron chi connectivity index (χ1n) is 37.1. The normalized spacial score (nSPS) is 17.3. The van der Waals surface area contributed by atoms with Gasteiger partial charge in [-0.3, -0.25) is 31.9 Å². The number of hydrogen-bond donors (Lipinski definition) is 8. The van der Waals surface area contributed by atoms with E-state index in [1.54, 1.807) is 29.3 Å². The van der Waals surface area contributed by atoms with Gasteiger partial charge in [0, 0.05) is 123 Å². The van der Waals surface area contributed by atoms with Gasteiger partial charge in [-0.25, -0.2) is 20.0 Å². The molecule has 0 aliphatic carbocycles. The van der Waals surface area contributed by atoms with Crippen molar-refractivity contribution in [3.05, 3.63) is 234 Å². The Bertz CT molecular complexity index is 3320. The molecule has 13 rings (SSSR count). The van der Waals surface area contributed by atoms with Crippen molar-refractivity contribution in [2.75, 3.05) is 105 Å². The fourth-order valence-electron chi connectivity index (χ4n) is 12.7. The van der Waals surface area contributed by atoms with Crippen LogP contribution in [0.15, 0.2) is 211 Å². The van der Waals surface area contributed by atoms with Gasteiger partial charge in [0.1, 0.15) is 31.3 Å². The maximum absolute atomic E-state index is 11.9. The molecule has 6 aliphatic heterocycles. The molecule has 20 nitrogen and oxygen atoms in total. The summed E-state index contributed by atoms with van der Waals surface area (Å²) in [5.41, 5.74) is 8.75. The first-order chi connectivity index (χ1) is 50.1. The van der Waals surface area contributed by atoms with Crippen LogP contribution in [0.1, 0.15) is 125 Å². The minimum absolute atomic E-state index is 0. The number of nitrogens with zero attached hydrogens (tertiary/aromatic N) is 4. The zero-order valence-electron chi connectivity index (χ0n) is 63.0. The molecule has 106 heavy (non-hydrogen) atoms. The Hall–Kier alpha value is -3.73. The number of carbonyl (C=O) groups excluding carboxylic acids is 1. The van der Waals surface area contributed by atoms with Gasteiger partial charge in [-0.1, -0.05) is 196 Å². The van der Waals surface area contributed by atoms with E-state index in [1.165, 1.54) is 138 Å². The standard InChI is InChI=1S/C15H16O4S.C13H20N2O.C12H18N2O.C12H18N2.C12H17NO.C12H17N.C5H12N2.CH2O3.CH4.2K/c1-13-7-9-15(10-8-13)20(16,17)19-12-11-18-14-5-3-2-4-6-14;1-3-7-13(8-4-1)16-12-9-14-15-10-5-2-6-11-15;13-14-8-6-12(15,7-9-14)10-11-4-2-1-3-5-11;13-14-8-6-12(7-9-14)10-11-4-2-1-3-5-11;14-12(6-8-13-9-7-12)10-11-4-2-1-3-5-11;1-2-4-11(5-3-1)10-12-6-8-13-9-7-12;6-7-4-2-1-3-5-7;2-1-4-3;;;/h2-10H,11-12H2,1H3;1,3-4,7-8,14H,2,5-6,9-12H2;1-5,15H,6-10,13H2;1-5,12H,6-10,13H2;1-5,13-14H,6-10H2;1-5,12-13H,6-10H2;1-6H2;1,3H;1H4;;/q;;;;;;;;;;+1/p-1. The topological polar surface area (TPSA) is 279 Å². The minimum Gasteiger partial charge on any atom is -0.662 e. The predicted octanol–water partition coefficient (Wildman–Crippen LogP) is 7.19. The van der Waals surface area contributed by atoms with Crippen LogP contribution in [0.3, 0.4) is 0 Å². The molecular weight excluding hydrogens is 1410 g/mol. The molecule has 7 aromatic rings. The van der Waals surface area contributed by atoms with Gasteiger partial charge in [0.15, 0.2) is 0 Å². The molecule has 0 unspecified atom stereocenters. The summed E-state index contributed by atoms with van der Waals surface area (Å²) in [5, 5.41) is 43.6. The van der Waals surface area contributed by atoms with Crippen molar-refractivity contribution in [2.45, 2.75) is 146 Å². The molecule has 0 aromatic heterocycles. The zero-order chi connectivity index (χ0) is 73.3. The Morgan fingerprint density at radius 1 is 0.491 bits per heavy atom. The van der Waals surface area contributed by atoms with Crippen LogP contribution in [0.4, 0.5) is 0 Å². The molecule has 0 atom stereocenters. The third-order valence-electron chi connectivity index (χ3n) is 18.7. The van der Waals surface area contributed by atoms with Crippen molar-refractivity contribution in [1.82, 2.24) is 36.1 Å². The molecule has 573 valence electrons. The summed E-state index contributed by atoms with van der Waals surface area (Å²) in [7, 11) is -3.71. The van der Waals surface area contributed by atoms with E-state index < -0.39 is 21.3 Å². The summed E-state index contributed by atoms with van der Waals surface area (Å²) in [6, 6.07) is 67.6. The minimum atomic E-state index is -3.71. The number of carbonyl (C=O) groups is 1. The van der Waals surface area contributed by atoms with E-state index in [2.05, 4.69) is 111 Å². The van der Waals surface area contributed by atoms with Gasteiger partial charge in [0.25, 0.3) is 16.6 Å². The van der Waals surface area contributed by atoms with E-state index in [-0.39, 0.29) is 135 Å². The summed E-state index contributed by atoms with van der Waals surface area (Å²) in [4.78, 5) is 11.4. The number of rotatable bonds is 20. The van der Waals surface area contributed by atoms with Crippen LogP contribution in [0.25, 0.3) is 0 Å². The van der Waals surface area contributed by atoms with Gasteiger partial charge in [-0.15, -0.1) is 0 Å². The van der Waals surface area contributed by atoms with Gasteiger partial charge in [-0.05, 0) is 193 Å². The molecule has 11 N–H and O–H groups in total. The van der Waals surface area contributed by atoms with Gasteiger partial charge >= 0.3 is 51.4 Å². The van der Waals surface area contributed by atoms with Crippen molar-refractivity contribution < 1.29 is 98.6 Å². The van der Waals surface area contributed by atoms with Crippen molar-refractivity contribution in [2.24, 2.45) is 29.4 Å². The van der Waals surface area contributed by atoms with Crippen LogP contribution in [-0.4, -0.2) is 213 Å². The largest absolute Gasteiger partial charge is 1.00 e. The van der Waals surface area contributed by atoms with Crippen molar-refractivity contribution in [3.63, 3.8) is 0 Å². The van der Waals surface area contributed by atoms with Gasteiger partial charge < -0.3 is 40.5 Å². The number of ether oxygens (including phenoxy) is 2. The molecule has 23 heteroatoms. The van der Waals surface area contributed by atoms with E-state index >= 15 is 0 Å². The average Bonchev–Trinajstić information content (AvgIpc) is 0.865. The Morgan fingerprint density at radius 3 is 1.28 bits per heavy atom. The van der Waals surface area contributed by atoms with Crippen LogP contribution >= 0.6 is 0 Å². The fourth-order valence-corrected chi connectivity index (χ4v) is 13.6. The summed E-state index contributed by atoms with van der Waals surface area (Å²) in [5.74, 6) is 20.2. The van der Waals surface area contributed by atoms with Crippen molar-refractivity contribution in [1.29, 1.82) is 0 Å². The Labute approximate surface area is 720 Å². The van der Waals surface area contributed by atoms with Gasteiger partial charge in [0.2, 0.25) is 0 Å². The quantitative estimate of drug-likeness (QED) is 0.00713. The maximum Gasteiger partial charge on any atom is 1.00 e. The van der Waals surface area contributed by atoms with E-state index in [0.29, 0.717) is 5.75 Å². The summed E-state index contributed by atoms with van der Waals surface area (Å²) in [6.07, 6.45) is 20.4. The van der Waals surface area contributed by atoms with E-state index in [9.17, 15) is 18.6 Å². The monoisotopic (exact) mass is 1530 g/mol. The summed E-state index contributed by atoms with van der Waals surface area (Å²) >= 11 is 0. The van der Waals surface area contributed by atoms with Gasteiger partial charge in [-0.2, -0.15) is 8.42 Å². The smallest absolute Gasteiger partial charge is 0.662 e. The molecule has 6 aliphatic rings. The average molecular weight is 1530 g/mol. The number of benzene rings is 7. The molecule has 6 heterocycles. The molecular formula is C83H123K2N10O10S. The van der Waals surface area contributed by atoms with Crippen molar-refractivity contribution in [3.8, 4) is 11.5 Å². The number of nitrogens with two attached hydrogens (primary N) is 3. The summed E-state index contributed by atoms with van der Waals surface area (Å²) in [6.45, 7) is 16.0. The van der Waals surface area contributed by atoms with Gasteiger partial charge in [0.05, 0.1) is 16.1 Å². The van der Waals surface area contributed by atoms with E-state index in [1.807, 2.05) is 102 Å². The molecule has 6 fully saturated rings. The number of aliphatic hydroxyl groups is 2. The maximum atomic E-state index is 11.9. The predicted molar refractivity (Wildman–Crippen MR) is 423 cm³/mol. The first-order valence-corrected chi connectivity index (χ1v) is 38.5. The molecule has 1 radical (unpaired) electrons. The molecule has 0 saturated carbocycles. The first kappa shape index (κ1) is 96.5. The number of hydrogen-bond acceptors (Lipinski definition) is 20. The van der Waals surface area contributed by atoms with E-state index in [4.69, 9.17) is 41.2 Å². The molecule has 0 amide bonds. The Kier molecular flexibility index (Phi) is 53.0. The second-order valence-corrected chi connectivity index (χ2v) is 28.9. The van der Waals surface area contributed by atoms with E-state index in [0.717, 1.165) is 127 Å². The molecule has 7 aromatic carbocycles. The number of para-hydroxylation sites is 2. The fraction of sp³-hybridized carbons (Fsp3) is 0.482. The van der Waals surface area contributed by atoms with Crippen LogP contribution in [0.5, 0.6) is 11.5 Å². The van der Waals surface area contributed by atoms with Crippen LogP contribution in [0.2, 0.25) is 0 Å². The SMILES string of the molecule is C.Cc1ccc(S(=O)(=O)OCCOc2ccccc2)cc1.NN1CCC(Cc2ccccc2)CC1.NN1CCC(O)(Cc2ccccc2)CC1.NN1CCCCC1.O=CO[O-].OC1(Cc2ccccc2)CCNCC1.[K+].[K].c1ccc(CC2CCNCC2)cc1.c1ccc(OCCNN2CCCCC2)cc1. The Morgan fingerprint density at radius 2 is 0.858 bits per heavy atom. The van der Waals surface area contributed by atoms with Crippen LogP contribution in [0, 0.1) is 18.8 Å². The van der Waals surface area contributed by atoms with Crippen LogP contribution in [-0.2, 0) is 49.7 Å². The third-order valence-corrected chi connectivity index (χ3v) is 20.1. The molecule has 0 spiro atoms. The Balaban J connectivity index is 0.000000320. The number of nitrogens with one attached hydrogen (secondary N) is 3. The van der Waals surface area contributed by atoms with Crippen LogP contribution < -0.4 is 99.7 Å². The number of aryl methyl sites for hydroxylation is 1. The molecule has 6 saturated heterocycles. The third kappa shape index (κ3) is 43.8. The number of hydrazine groups is 4. The second kappa shape index (κ2) is 58.2. The zero-order valence-corrected chi connectivity index (χ0v) is 70.1. The second-order valence-electron chi connectivity index (χ2n) is 27.3. The summed E-state index contributed by atoms with van der Waals surface area (Å²) < 4.78 is 39.7. The van der Waals surface area contributed by atoms with Crippen molar-refractivity contribution >= 4 is 68.0 Å². The molecule has 0 bridgehead atoms. The number of piperidine rings is 6.